The van der Waals surface area contributed by atoms with Crippen LogP contribution in [0, 0.1) is 6.92 Å². The van der Waals surface area contributed by atoms with Gasteiger partial charge in [0.05, 0.1) is 10.7 Å². The van der Waals surface area contributed by atoms with Crippen LogP contribution in [0.5, 0.6) is 0 Å². The molecule has 5 nitrogen and oxygen atoms in total. The van der Waals surface area contributed by atoms with Crippen molar-refractivity contribution in [2.45, 2.75) is 13.3 Å². The summed E-state index contributed by atoms with van der Waals surface area (Å²) < 4.78 is 0. The molecular weight excluding hydrogens is 260 g/mol. The van der Waals surface area contributed by atoms with Crippen LogP contribution < -0.4 is 16.4 Å². The predicted octanol–water partition coefficient (Wildman–Crippen LogP) is 2.40. The molecule has 2 amide bonds. The number of nitrogens with two attached hydrogens (primary N) is 1. The normalized spacial score (nSPS) is 10.2. The molecule has 0 saturated heterocycles. The maximum atomic E-state index is 11.6. The van der Waals surface area contributed by atoms with Gasteiger partial charge in [0.2, 0.25) is 0 Å². The summed E-state index contributed by atoms with van der Waals surface area (Å²) in [4.78, 5) is 16.0. The molecule has 0 saturated carbocycles. The Morgan fingerprint density at radius 3 is 3.00 bits per heavy atom. The lowest BCUT2D eigenvalue weighted by molar-refractivity contribution is 0.252. The molecule has 2 aromatic rings. The number of thiazole rings is 1. The highest BCUT2D eigenvalue weighted by molar-refractivity contribution is 7.09. The number of hydrogen-bond donors (Lipinski definition) is 3. The van der Waals surface area contributed by atoms with Gasteiger partial charge in [-0.1, -0.05) is 6.07 Å². The molecule has 0 spiro atoms. The van der Waals surface area contributed by atoms with Crippen molar-refractivity contribution < 1.29 is 4.79 Å². The molecule has 19 heavy (non-hydrogen) atoms. The molecule has 0 radical (unpaired) electrons. The van der Waals surface area contributed by atoms with Crippen molar-refractivity contribution in [2.24, 2.45) is 0 Å². The van der Waals surface area contributed by atoms with Gasteiger partial charge in [0.1, 0.15) is 0 Å². The molecule has 6 heteroatoms. The third kappa shape index (κ3) is 4.26. The summed E-state index contributed by atoms with van der Waals surface area (Å²) in [6.07, 6.45) is 0.731. The monoisotopic (exact) mass is 276 g/mol. The number of urea groups is 1. The van der Waals surface area contributed by atoms with E-state index in [0.29, 0.717) is 17.9 Å². The lowest BCUT2D eigenvalue weighted by Gasteiger charge is -2.07. The van der Waals surface area contributed by atoms with Crippen molar-refractivity contribution in [3.63, 3.8) is 0 Å². The van der Waals surface area contributed by atoms with E-state index in [1.807, 2.05) is 12.3 Å². The van der Waals surface area contributed by atoms with Gasteiger partial charge in [-0.15, -0.1) is 11.3 Å². The Balaban J connectivity index is 1.76. The number of aryl methyl sites for hydroxylation is 1. The van der Waals surface area contributed by atoms with E-state index >= 15 is 0 Å². The number of carbonyl (C=O) groups excluding carboxylic acids is 1. The Kier molecular flexibility index (Phi) is 4.35. The average Bonchev–Trinajstić information content (AvgIpc) is 2.75. The summed E-state index contributed by atoms with van der Waals surface area (Å²) in [5.74, 6) is 0. The molecule has 1 heterocycles. The predicted molar refractivity (Wildman–Crippen MR) is 78.4 cm³/mol. The highest BCUT2D eigenvalue weighted by Crippen LogP contribution is 2.11. The van der Waals surface area contributed by atoms with E-state index in [-0.39, 0.29) is 6.03 Å². The zero-order valence-electron chi connectivity index (χ0n) is 10.6. The fourth-order valence-electron chi connectivity index (χ4n) is 1.62. The summed E-state index contributed by atoms with van der Waals surface area (Å²) in [5, 5.41) is 8.56. The Bertz CT molecular complexity index is 567. The maximum absolute atomic E-state index is 11.6. The standard InChI is InChI=1S/C13H16N4OS/c1-9-16-12(8-19-9)5-6-15-13(18)17-11-4-2-3-10(14)7-11/h2-4,7-8H,5-6,14H2,1H3,(H2,15,17,18). The van der Waals surface area contributed by atoms with Gasteiger partial charge in [0, 0.05) is 29.7 Å². The van der Waals surface area contributed by atoms with Crippen molar-refractivity contribution in [1.29, 1.82) is 0 Å². The SMILES string of the molecule is Cc1nc(CCNC(=O)Nc2cccc(N)c2)cs1. The van der Waals surface area contributed by atoms with Crippen LogP contribution in [0.25, 0.3) is 0 Å². The van der Waals surface area contributed by atoms with Crippen molar-refractivity contribution in [2.75, 3.05) is 17.6 Å². The molecule has 0 fully saturated rings. The molecule has 0 aliphatic rings. The molecule has 2 rings (SSSR count). The summed E-state index contributed by atoms with van der Waals surface area (Å²) in [7, 11) is 0. The maximum Gasteiger partial charge on any atom is 0.319 e. The molecule has 1 aromatic carbocycles. The van der Waals surface area contributed by atoms with Crippen molar-refractivity contribution in [3.8, 4) is 0 Å². The molecule has 0 atom stereocenters. The summed E-state index contributed by atoms with van der Waals surface area (Å²) >= 11 is 1.61. The van der Waals surface area contributed by atoms with Crippen LogP contribution in [0.4, 0.5) is 16.2 Å². The van der Waals surface area contributed by atoms with Gasteiger partial charge in [0.15, 0.2) is 0 Å². The van der Waals surface area contributed by atoms with Crippen molar-refractivity contribution in [1.82, 2.24) is 10.3 Å². The first-order valence-electron chi connectivity index (χ1n) is 5.95. The van der Waals surface area contributed by atoms with E-state index in [1.54, 1.807) is 35.6 Å². The number of nitrogen functional groups attached to an aromatic ring is 1. The van der Waals surface area contributed by atoms with Gasteiger partial charge in [-0.25, -0.2) is 9.78 Å². The van der Waals surface area contributed by atoms with Crippen LogP contribution in [-0.4, -0.2) is 17.6 Å². The summed E-state index contributed by atoms with van der Waals surface area (Å²) in [6.45, 7) is 2.52. The van der Waals surface area contributed by atoms with Gasteiger partial charge >= 0.3 is 6.03 Å². The molecular formula is C13H16N4OS. The quantitative estimate of drug-likeness (QED) is 0.750. The molecule has 0 aliphatic heterocycles. The molecule has 100 valence electrons. The van der Waals surface area contributed by atoms with Crippen molar-refractivity contribution >= 4 is 28.7 Å². The topological polar surface area (TPSA) is 80.0 Å². The lowest BCUT2D eigenvalue weighted by atomic mass is 10.3. The largest absolute Gasteiger partial charge is 0.399 e. The van der Waals surface area contributed by atoms with Crippen molar-refractivity contribution in [3.05, 3.63) is 40.3 Å². The van der Waals surface area contributed by atoms with Crippen LogP contribution in [0.3, 0.4) is 0 Å². The molecule has 0 aliphatic carbocycles. The Hall–Kier alpha value is -2.08. The van der Waals surface area contributed by atoms with Crippen LogP contribution in [-0.2, 0) is 6.42 Å². The molecule has 4 N–H and O–H groups in total. The molecule has 0 unspecified atom stereocenters. The van der Waals surface area contributed by atoms with Crippen LogP contribution in [0.1, 0.15) is 10.7 Å². The highest BCUT2D eigenvalue weighted by Gasteiger charge is 2.02. The third-order valence-corrected chi connectivity index (χ3v) is 3.30. The minimum atomic E-state index is -0.238. The van der Waals surface area contributed by atoms with E-state index in [0.717, 1.165) is 17.1 Å². The van der Waals surface area contributed by atoms with Crippen LogP contribution >= 0.6 is 11.3 Å². The molecule has 0 bridgehead atoms. The zero-order valence-corrected chi connectivity index (χ0v) is 11.5. The van der Waals surface area contributed by atoms with E-state index in [2.05, 4.69) is 15.6 Å². The number of amides is 2. The van der Waals surface area contributed by atoms with Crippen LogP contribution in [0.15, 0.2) is 29.6 Å². The first kappa shape index (κ1) is 13.4. The number of rotatable bonds is 4. The second-order valence-electron chi connectivity index (χ2n) is 4.11. The summed E-state index contributed by atoms with van der Waals surface area (Å²) in [5.41, 5.74) is 7.94. The van der Waals surface area contributed by atoms with Gasteiger partial charge in [-0.2, -0.15) is 0 Å². The van der Waals surface area contributed by atoms with Gasteiger partial charge in [-0.3, -0.25) is 0 Å². The number of benzene rings is 1. The van der Waals surface area contributed by atoms with Gasteiger partial charge < -0.3 is 16.4 Å². The number of anilines is 2. The number of carbonyl (C=O) groups is 1. The minimum Gasteiger partial charge on any atom is -0.399 e. The summed E-state index contributed by atoms with van der Waals surface area (Å²) in [6, 6.07) is 6.83. The van der Waals surface area contributed by atoms with E-state index < -0.39 is 0 Å². The Labute approximate surface area is 115 Å². The second-order valence-corrected chi connectivity index (χ2v) is 5.18. The van der Waals surface area contributed by atoms with E-state index in [4.69, 9.17) is 5.73 Å². The first-order valence-corrected chi connectivity index (χ1v) is 6.83. The third-order valence-electron chi connectivity index (χ3n) is 2.48. The van der Waals surface area contributed by atoms with E-state index in [9.17, 15) is 4.79 Å². The average molecular weight is 276 g/mol. The number of aromatic nitrogens is 1. The second kappa shape index (κ2) is 6.19. The first-order chi connectivity index (χ1) is 9.13. The van der Waals surface area contributed by atoms with Gasteiger partial charge in [-0.05, 0) is 25.1 Å². The Morgan fingerprint density at radius 1 is 1.47 bits per heavy atom. The number of hydrogen-bond acceptors (Lipinski definition) is 4. The van der Waals surface area contributed by atoms with E-state index in [1.165, 1.54) is 0 Å². The highest BCUT2D eigenvalue weighted by atomic mass is 32.1. The number of nitrogens with one attached hydrogen (secondary N) is 2. The van der Waals surface area contributed by atoms with Crippen LogP contribution in [0.2, 0.25) is 0 Å². The Morgan fingerprint density at radius 2 is 2.32 bits per heavy atom. The zero-order chi connectivity index (χ0) is 13.7. The fraction of sp³-hybridized carbons (Fsp3) is 0.231. The number of nitrogens with zero attached hydrogens (tertiary/aromatic N) is 1. The lowest BCUT2D eigenvalue weighted by Crippen LogP contribution is -2.30. The minimum absolute atomic E-state index is 0.238. The fourth-order valence-corrected chi connectivity index (χ4v) is 2.27. The van der Waals surface area contributed by atoms with Gasteiger partial charge in [0.25, 0.3) is 0 Å². The smallest absolute Gasteiger partial charge is 0.319 e. The molecule has 1 aromatic heterocycles.